The molecule has 5 rings (SSSR count). The lowest BCUT2D eigenvalue weighted by atomic mass is 9.88. The van der Waals surface area contributed by atoms with Crippen molar-refractivity contribution in [1.29, 1.82) is 0 Å². The number of ether oxygens (including phenoxy) is 1. The zero-order chi connectivity index (χ0) is 22.8. The van der Waals surface area contributed by atoms with Crippen LogP contribution >= 0.6 is 11.9 Å². The average molecular weight is 464 g/mol. The number of methoxy groups -OCH3 is 1. The van der Waals surface area contributed by atoms with Gasteiger partial charge in [-0.1, -0.05) is 12.8 Å². The molecule has 1 aliphatic heterocycles. The highest BCUT2D eigenvalue weighted by Crippen LogP contribution is 2.37. The standard InChI is InChI=1S/C27H33N3O2S/c1-29-18-25(19-13-15-30(16-14-19)27(31)20-5-3-4-6-20)24-17-21(7-12-26(24)29)28-33-23-10-8-22(32-2)9-11-23/h7-12,17-20,28H,3-6,13-16H2,1-2H3. The van der Waals surface area contributed by atoms with Crippen LogP contribution in [0.25, 0.3) is 10.9 Å². The Hall–Kier alpha value is -2.60. The van der Waals surface area contributed by atoms with E-state index in [0.717, 1.165) is 55.1 Å². The minimum absolute atomic E-state index is 0.288. The second-order valence-electron chi connectivity index (χ2n) is 9.39. The van der Waals surface area contributed by atoms with Crippen LogP contribution in [0.4, 0.5) is 5.69 Å². The first-order valence-corrected chi connectivity index (χ1v) is 12.9. The maximum absolute atomic E-state index is 12.8. The molecule has 1 aliphatic carbocycles. The second-order valence-corrected chi connectivity index (χ2v) is 10.3. The van der Waals surface area contributed by atoms with E-state index >= 15 is 0 Å². The molecule has 33 heavy (non-hydrogen) atoms. The first-order chi connectivity index (χ1) is 16.1. The van der Waals surface area contributed by atoms with Crippen molar-refractivity contribution in [3.05, 3.63) is 54.2 Å². The molecule has 6 heteroatoms. The molecule has 1 amide bonds. The monoisotopic (exact) mass is 463 g/mol. The van der Waals surface area contributed by atoms with Gasteiger partial charge in [-0.3, -0.25) is 4.79 Å². The fourth-order valence-corrected chi connectivity index (χ4v) is 6.05. The van der Waals surface area contributed by atoms with E-state index in [2.05, 4.69) is 57.8 Å². The van der Waals surface area contributed by atoms with E-state index in [4.69, 9.17) is 4.74 Å². The van der Waals surface area contributed by atoms with Crippen LogP contribution in [-0.4, -0.2) is 35.6 Å². The quantitative estimate of drug-likeness (QED) is 0.442. The molecule has 0 unspecified atom stereocenters. The highest BCUT2D eigenvalue weighted by atomic mass is 32.2. The normalized spacial score (nSPS) is 17.6. The maximum atomic E-state index is 12.8. The minimum atomic E-state index is 0.288. The lowest BCUT2D eigenvalue weighted by Gasteiger charge is -2.33. The van der Waals surface area contributed by atoms with Gasteiger partial charge in [0.25, 0.3) is 0 Å². The Bertz CT molecular complexity index is 1110. The zero-order valence-electron chi connectivity index (χ0n) is 19.5. The summed E-state index contributed by atoms with van der Waals surface area (Å²) in [5.41, 5.74) is 3.78. The molecule has 1 saturated heterocycles. The number of piperidine rings is 1. The van der Waals surface area contributed by atoms with E-state index in [1.54, 1.807) is 19.1 Å². The first kappa shape index (κ1) is 22.2. The summed E-state index contributed by atoms with van der Waals surface area (Å²) in [6.07, 6.45) is 9.01. The van der Waals surface area contributed by atoms with Gasteiger partial charge >= 0.3 is 0 Å². The summed E-state index contributed by atoms with van der Waals surface area (Å²) in [6.45, 7) is 1.78. The molecule has 1 N–H and O–H groups in total. The molecule has 174 valence electrons. The van der Waals surface area contributed by atoms with Gasteiger partial charge in [-0.25, -0.2) is 0 Å². The summed E-state index contributed by atoms with van der Waals surface area (Å²) >= 11 is 1.61. The predicted molar refractivity (Wildman–Crippen MR) is 136 cm³/mol. The van der Waals surface area contributed by atoms with E-state index in [1.165, 1.54) is 29.3 Å². The zero-order valence-corrected chi connectivity index (χ0v) is 20.4. The number of nitrogens with zero attached hydrogens (tertiary/aromatic N) is 2. The molecular weight excluding hydrogens is 430 g/mol. The van der Waals surface area contributed by atoms with Crippen LogP contribution in [0.5, 0.6) is 5.75 Å². The molecule has 0 bridgehead atoms. The molecule has 0 spiro atoms. The Labute approximate surface area is 200 Å². The van der Waals surface area contributed by atoms with Crippen LogP contribution in [0.3, 0.4) is 0 Å². The number of likely N-dealkylation sites (tertiary alicyclic amines) is 1. The molecule has 2 aliphatic rings. The fraction of sp³-hybridized carbons (Fsp3) is 0.444. The van der Waals surface area contributed by atoms with Crippen molar-refractivity contribution in [1.82, 2.24) is 9.47 Å². The van der Waals surface area contributed by atoms with Crippen molar-refractivity contribution in [3.63, 3.8) is 0 Å². The highest BCUT2D eigenvalue weighted by Gasteiger charge is 2.31. The molecule has 2 fully saturated rings. The topological polar surface area (TPSA) is 46.5 Å². The third-order valence-corrected chi connectivity index (χ3v) is 8.16. The Morgan fingerprint density at radius 1 is 1.03 bits per heavy atom. The van der Waals surface area contributed by atoms with Crippen LogP contribution in [0.15, 0.2) is 53.6 Å². The van der Waals surface area contributed by atoms with Gasteiger partial charge in [0.05, 0.1) is 7.11 Å². The number of aryl methyl sites for hydroxylation is 1. The van der Waals surface area contributed by atoms with Gasteiger partial charge in [-0.15, -0.1) is 0 Å². The summed E-state index contributed by atoms with van der Waals surface area (Å²) in [6, 6.07) is 14.7. The van der Waals surface area contributed by atoms with Crippen LogP contribution in [0.1, 0.15) is 50.0 Å². The van der Waals surface area contributed by atoms with Gasteiger partial charge < -0.3 is 18.9 Å². The maximum Gasteiger partial charge on any atom is 0.225 e. The Morgan fingerprint density at radius 2 is 1.76 bits per heavy atom. The van der Waals surface area contributed by atoms with Crippen molar-refractivity contribution in [3.8, 4) is 5.75 Å². The van der Waals surface area contributed by atoms with E-state index in [0.29, 0.717) is 11.8 Å². The van der Waals surface area contributed by atoms with Gasteiger partial charge in [0.2, 0.25) is 5.91 Å². The van der Waals surface area contributed by atoms with Crippen LogP contribution in [-0.2, 0) is 11.8 Å². The van der Waals surface area contributed by atoms with Gasteiger partial charge in [0, 0.05) is 53.7 Å². The van der Waals surface area contributed by atoms with Crippen molar-refractivity contribution in [2.75, 3.05) is 24.9 Å². The summed E-state index contributed by atoms with van der Waals surface area (Å²) in [5.74, 6) is 2.07. The van der Waals surface area contributed by atoms with Crippen LogP contribution in [0.2, 0.25) is 0 Å². The second kappa shape index (κ2) is 9.72. The molecule has 5 nitrogen and oxygen atoms in total. The van der Waals surface area contributed by atoms with E-state index < -0.39 is 0 Å². The largest absolute Gasteiger partial charge is 0.497 e. The predicted octanol–water partition coefficient (Wildman–Crippen LogP) is 6.20. The van der Waals surface area contributed by atoms with Crippen molar-refractivity contribution >= 4 is 34.4 Å². The lowest BCUT2D eigenvalue weighted by Crippen LogP contribution is -2.40. The fourth-order valence-electron chi connectivity index (χ4n) is 5.41. The molecule has 0 atom stereocenters. The summed E-state index contributed by atoms with van der Waals surface area (Å²) in [7, 11) is 3.81. The first-order valence-electron chi connectivity index (χ1n) is 12.1. The smallest absolute Gasteiger partial charge is 0.225 e. The third kappa shape index (κ3) is 4.72. The molecule has 2 aromatic carbocycles. The third-order valence-electron chi connectivity index (χ3n) is 7.32. The number of aromatic nitrogens is 1. The highest BCUT2D eigenvalue weighted by molar-refractivity contribution is 8.00. The van der Waals surface area contributed by atoms with Crippen molar-refractivity contribution in [2.24, 2.45) is 13.0 Å². The molecule has 2 heterocycles. The number of benzene rings is 2. The summed E-state index contributed by atoms with van der Waals surface area (Å²) < 4.78 is 11.0. The molecular formula is C27H33N3O2S. The Kier molecular flexibility index (Phi) is 6.54. The molecule has 1 aromatic heterocycles. The Balaban J connectivity index is 1.27. The van der Waals surface area contributed by atoms with E-state index in [9.17, 15) is 4.79 Å². The van der Waals surface area contributed by atoms with E-state index in [1.807, 2.05) is 12.1 Å². The number of hydrogen-bond donors (Lipinski definition) is 1. The van der Waals surface area contributed by atoms with Gasteiger partial charge in [-0.05, 0) is 91.6 Å². The Morgan fingerprint density at radius 3 is 2.45 bits per heavy atom. The number of carbonyl (C=O) groups excluding carboxylic acids is 1. The number of anilines is 1. The van der Waals surface area contributed by atoms with Crippen LogP contribution < -0.4 is 9.46 Å². The van der Waals surface area contributed by atoms with Gasteiger partial charge in [0.15, 0.2) is 0 Å². The average Bonchev–Trinajstić information content (AvgIpc) is 3.51. The molecule has 3 aromatic rings. The summed E-state index contributed by atoms with van der Waals surface area (Å²) in [5, 5.41) is 1.32. The SMILES string of the molecule is COc1ccc(SNc2ccc3c(c2)c(C2CCN(C(=O)C4CCCC4)CC2)cn3C)cc1. The number of fused-ring (bicyclic) bond motifs is 1. The molecule has 0 radical (unpaired) electrons. The number of hydrogen-bond acceptors (Lipinski definition) is 4. The summed E-state index contributed by atoms with van der Waals surface area (Å²) in [4.78, 5) is 16.1. The molecule has 1 saturated carbocycles. The number of amides is 1. The number of nitrogens with one attached hydrogen (secondary N) is 1. The number of rotatable bonds is 6. The van der Waals surface area contributed by atoms with Gasteiger partial charge in [-0.2, -0.15) is 0 Å². The van der Waals surface area contributed by atoms with Gasteiger partial charge in [0.1, 0.15) is 5.75 Å². The van der Waals surface area contributed by atoms with Crippen molar-refractivity contribution < 1.29 is 9.53 Å². The minimum Gasteiger partial charge on any atom is -0.497 e. The lowest BCUT2D eigenvalue weighted by molar-refractivity contribution is -0.136. The number of carbonyl (C=O) groups is 1. The van der Waals surface area contributed by atoms with Crippen molar-refractivity contribution in [2.45, 2.75) is 49.3 Å². The van der Waals surface area contributed by atoms with E-state index in [-0.39, 0.29) is 5.92 Å². The van der Waals surface area contributed by atoms with Crippen LogP contribution in [0, 0.1) is 5.92 Å².